The van der Waals surface area contributed by atoms with Gasteiger partial charge in [-0.1, -0.05) is 13.8 Å². The zero-order valence-electron chi connectivity index (χ0n) is 12.3. The smallest absolute Gasteiger partial charge is 0.225 e. The van der Waals surface area contributed by atoms with Crippen molar-refractivity contribution in [1.29, 1.82) is 0 Å². The molecule has 0 saturated carbocycles. The lowest BCUT2D eigenvalue weighted by molar-refractivity contribution is 0.193. The first-order valence-electron chi connectivity index (χ1n) is 6.94. The molecule has 1 saturated heterocycles. The predicted octanol–water partition coefficient (Wildman–Crippen LogP) is 1.51. The average molecular weight is 264 g/mol. The number of hydrogen-bond donors (Lipinski definition) is 1. The Morgan fingerprint density at radius 1 is 1.53 bits per heavy atom. The van der Waals surface area contributed by atoms with Crippen molar-refractivity contribution in [2.24, 2.45) is 0 Å². The van der Waals surface area contributed by atoms with E-state index < -0.39 is 0 Å². The lowest BCUT2D eigenvalue weighted by Gasteiger charge is -2.23. The van der Waals surface area contributed by atoms with Gasteiger partial charge in [-0.3, -0.25) is 0 Å². The summed E-state index contributed by atoms with van der Waals surface area (Å²) in [7, 11) is 2.04. The summed E-state index contributed by atoms with van der Waals surface area (Å²) < 4.78 is 5.41. The average Bonchev–Trinajstić information content (AvgIpc) is 2.90. The number of anilines is 1. The van der Waals surface area contributed by atoms with Gasteiger partial charge in [-0.25, -0.2) is 9.97 Å². The van der Waals surface area contributed by atoms with Crippen LogP contribution in [0.1, 0.15) is 31.5 Å². The van der Waals surface area contributed by atoms with Crippen LogP contribution in [0.15, 0.2) is 6.20 Å². The van der Waals surface area contributed by atoms with Gasteiger partial charge in [-0.2, -0.15) is 0 Å². The normalized spacial score (nSPS) is 19.1. The minimum Gasteiger partial charge on any atom is -0.379 e. The predicted molar refractivity (Wildman–Crippen MR) is 76.4 cm³/mol. The van der Waals surface area contributed by atoms with Crippen molar-refractivity contribution < 1.29 is 4.74 Å². The van der Waals surface area contributed by atoms with Gasteiger partial charge in [0.05, 0.1) is 12.6 Å². The number of hydrogen-bond acceptors (Lipinski definition) is 5. The highest BCUT2D eigenvalue weighted by atomic mass is 16.5. The van der Waals surface area contributed by atoms with E-state index in [9.17, 15) is 0 Å². The molecule has 106 valence electrons. The van der Waals surface area contributed by atoms with Crippen molar-refractivity contribution in [1.82, 2.24) is 15.3 Å². The van der Waals surface area contributed by atoms with E-state index in [4.69, 9.17) is 4.74 Å². The largest absolute Gasteiger partial charge is 0.379 e. The lowest BCUT2D eigenvalue weighted by atomic mass is 10.2. The highest BCUT2D eigenvalue weighted by Crippen LogP contribution is 2.17. The summed E-state index contributed by atoms with van der Waals surface area (Å²) in [4.78, 5) is 11.2. The van der Waals surface area contributed by atoms with Gasteiger partial charge < -0.3 is 15.0 Å². The number of rotatable bonds is 5. The van der Waals surface area contributed by atoms with E-state index in [0.717, 1.165) is 43.4 Å². The molecule has 1 aromatic rings. The third kappa shape index (κ3) is 3.64. The second-order valence-electron chi connectivity index (χ2n) is 5.44. The van der Waals surface area contributed by atoms with Gasteiger partial charge in [0.1, 0.15) is 0 Å². The van der Waals surface area contributed by atoms with Crippen LogP contribution in [0.5, 0.6) is 0 Å². The van der Waals surface area contributed by atoms with Gasteiger partial charge in [0, 0.05) is 43.7 Å². The van der Waals surface area contributed by atoms with Gasteiger partial charge >= 0.3 is 0 Å². The summed E-state index contributed by atoms with van der Waals surface area (Å²) in [5, 5.41) is 3.39. The van der Waals surface area contributed by atoms with Crippen molar-refractivity contribution in [2.45, 2.75) is 45.8 Å². The quantitative estimate of drug-likeness (QED) is 0.873. The second kappa shape index (κ2) is 6.30. The second-order valence-corrected chi connectivity index (χ2v) is 5.44. The molecule has 0 bridgehead atoms. The van der Waals surface area contributed by atoms with Crippen LogP contribution in [-0.4, -0.2) is 42.3 Å². The Bertz CT molecular complexity index is 416. The fraction of sp³-hybridized carbons (Fsp3) is 0.714. The molecule has 1 aliphatic heterocycles. The number of aryl methyl sites for hydroxylation is 1. The van der Waals surface area contributed by atoms with E-state index in [1.165, 1.54) is 0 Å². The molecule has 0 amide bonds. The number of likely N-dealkylation sites (N-methyl/N-ethyl adjacent to an activating group) is 1. The number of aromatic nitrogens is 2. The number of nitrogens with zero attached hydrogens (tertiary/aromatic N) is 3. The summed E-state index contributed by atoms with van der Waals surface area (Å²) in [5.41, 5.74) is 2.21. The summed E-state index contributed by atoms with van der Waals surface area (Å²) in [6, 6.07) is 0.872. The van der Waals surface area contributed by atoms with Crippen LogP contribution in [-0.2, 0) is 11.3 Å². The van der Waals surface area contributed by atoms with Crippen LogP contribution in [0.4, 0.5) is 5.95 Å². The highest BCUT2D eigenvalue weighted by molar-refractivity contribution is 5.33. The standard InChI is InChI=1S/C14H24N4O/c1-10(2)15-7-12-8-16-14(17-11(12)3)18(4)13-5-6-19-9-13/h8,10,13,15H,5-7,9H2,1-4H3. The van der Waals surface area contributed by atoms with Gasteiger partial charge in [-0.15, -0.1) is 0 Å². The highest BCUT2D eigenvalue weighted by Gasteiger charge is 2.22. The monoisotopic (exact) mass is 264 g/mol. The van der Waals surface area contributed by atoms with Crippen LogP contribution in [0.2, 0.25) is 0 Å². The first kappa shape index (κ1) is 14.2. The minimum atomic E-state index is 0.402. The van der Waals surface area contributed by atoms with Crippen molar-refractivity contribution in [3.8, 4) is 0 Å². The Morgan fingerprint density at radius 2 is 2.32 bits per heavy atom. The Labute approximate surface area is 115 Å². The van der Waals surface area contributed by atoms with E-state index in [-0.39, 0.29) is 0 Å². The fourth-order valence-corrected chi connectivity index (χ4v) is 2.13. The Hall–Kier alpha value is -1.20. The molecule has 1 aliphatic rings. The molecule has 19 heavy (non-hydrogen) atoms. The van der Waals surface area contributed by atoms with Gasteiger partial charge in [0.2, 0.25) is 5.95 Å². The molecule has 5 heteroatoms. The molecular formula is C14H24N4O. The van der Waals surface area contributed by atoms with E-state index >= 15 is 0 Å². The van der Waals surface area contributed by atoms with Crippen molar-refractivity contribution in [2.75, 3.05) is 25.2 Å². The molecule has 1 atom stereocenters. The van der Waals surface area contributed by atoms with Crippen LogP contribution in [0.3, 0.4) is 0 Å². The number of ether oxygens (including phenoxy) is 1. The molecule has 2 rings (SSSR count). The van der Waals surface area contributed by atoms with Crippen molar-refractivity contribution in [3.05, 3.63) is 17.5 Å². The molecule has 1 fully saturated rings. The Balaban J connectivity index is 2.05. The molecule has 0 aliphatic carbocycles. The molecule has 1 aromatic heterocycles. The molecule has 0 radical (unpaired) electrons. The summed E-state index contributed by atoms with van der Waals surface area (Å²) in [6.45, 7) is 8.75. The third-order valence-corrected chi connectivity index (χ3v) is 3.54. The minimum absolute atomic E-state index is 0.402. The fourth-order valence-electron chi connectivity index (χ4n) is 2.13. The van der Waals surface area contributed by atoms with E-state index in [0.29, 0.717) is 12.1 Å². The maximum atomic E-state index is 5.41. The molecule has 1 N–H and O–H groups in total. The van der Waals surface area contributed by atoms with E-state index in [2.05, 4.69) is 34.0 Å². The first-order valence-corrected chi connectivity index (χ1v) is 6.94. The van der Waals surface area contributed by atoms with Crippen molar-refractivity contribution >= 4 is 5.95 Å². The maximum Gasteiger partial charge on any atom is 0.225 e. The molecule has 5 nitrogen and oxygen atoms in total. The van der Waals surface area contributed by atoms with Crippen LogP contribution >= 0.6 is 0 Å². The van der Waals surface area contributed by atoms with Gasteiger partial charge in [0.15, 0.2) is 0 Å². The zero-order chi connectivity index (χ0) is 13.8. The molecule has 0 aromatic carbocycles. The topological polar surface area (TPSA) is 50.3 Å². The van der Waals surface area contributed by atoms with Gasteiger partial charge in [0.25, 0.3) is 0 Å². The van der Waals surface area contributed by atoms with E-state index in [1.54, 1.807) is 0 Å². The van der Waals surface area contributed by atoms with E-state index in [1.807, 2.05) is 20.2 Å². The first-order chi connectivity index (χ1) is 9.08. The molecule has 1 unspecified atom stereocenters. The Morgan fingerprint density at radius 3 is 2.89 bits per heavy atom. The summed E-state index contributed by atoms with van der Waals surface area (Å²) >= 11 is 0. The third-order valence-electron chi connectivity index (χ3n) is 3.54. The maximum absolute atomic E-state index is 5.41. The van der Waals surface area contributed by atoms with Crippen LogP contribution in [0.25, 0.3) is 0 Å². The molecular weight excluding hydrogens is 240 g/mol. The van der Waals surface area contributed by atoms with Crippen LogP contribution < -0.4 is 10.2 Å². The van der Waals surface area contributed by atoms with Crippen LogP contribution in [0, 0.1) is 6.92 Å². The zero-order valence-corrected chi connectivity index (χ0v) is 12.3. The SMILES string of the molecule is Cc1nc(N(C)C2CCOC2)ncc1CNC(C)C. The molecule has 2 heterocycles. The molecule has 0 spiro atoms. The summed E-state index contributed by atoms with van der Waals surface area (Å²) in [5.74, 6) is 0.793. The Kier molecular flexibility index (Phi) is 4.71. The lowest BCUT2D eigenvalue weighted by Crippen LogP contribution is -2.33. The summed E-state index contributed by atoms with van der Waals surface area (Å²) in [6.07, 6.45) is 2.98. The van der Waals surface area contributed by atoms with Gasteiger partial charge in [-0.05, 0) is 13.3 Å². The number of nitrogens with one attached hydrogen (secondary N) is 1. The van der Waals surface area contributed by atoms with Crippen molar-refractivity contribution in [3.63, 3.8) is 0 Å².